The Balaban J connectivity index is 1.61. The van der Waals surface area contributed by atoms with Crippen molar-refractivity contribution in [2.45, 2.75) is 64.7 Å². The predicted molar refractivity (Wildman–Crippen MR) is 141 cm³/mol. The topological polar surface area (TPSA) is 108 Å². The number of hydrazine groups is 1. The third-order valence-electron chi connectivity index (χ3n) is 7.28. The third-order valence-corrected chi connectivity index (χ3v) is 7.28. The van der Waals surface area contributed by atoms with Crippen molar-refractivity contribution in [1.29, 1.82) is 0 Å². The maximum Gasteiger partial charge on any atom is 0.345 e. The number of amides is 4. The monoisotopic (exact) mass is 507 g/mol. The van der Waals surface area contributed by atoms with Crippen molar-refractivity contribution < 1.29 is 19.1 Å². The van der Waals surface area contributed by atoms with Gasteiger partial charge in [-0.05, 0) is 48.9 Å². The van der Waals surface area contributed by atoms with E-state index in [-0.39, 0.29) is 13.1 Å². The summed E-state index contributed by atoms with van der Waals surface area (Å²) in [7, 11) is 1.28. The molecule has 4 rings (SSSR count). The summed E-state index contributed by atoms with van der Waals surface area (Å²) in [6.07, 6.45) is 5.16. The fraction of sp³-hybridized carbons (Fsp3) is 0.464. The Bertz CT molecular complexity index is 1120. The minimum Gasteiger partial charge on any atom is -0.469 e. The lowest BCUT2D eigenvalue weighted by Gasteiger charge is -2.45. The molecule has 1 saturated heterocycles. The number of hydrogen-bond acceptors (Lipinski definition) is 6. The van der Waals surface area contributed by atoms with Crippen LogP contribution in [0.4, 0.5) is 15.3 Å². The van der Waals surface area contributed by atoms with Crippen LogP contribution in [0.5, 0.6) is 0 Å². The summed E-state index contributed by atoms with van der Waals surface area (Å²) in [5, 5.41) is 4.35. The number of carbonyl (C=O) groups excluding carboxylic acids is 3. The quantitative estimate of drug-likeness (QED) is 0.302. The van der Waals surface area contributed by atoms with Crippen LogP contribution in [0.3, 0.4) is 0 Å². The van der Waals surface area contributed by atoms with E-state index in [4.69, 9.17) is 10.6 Å². The molecule has 2 aromatic carbocycles. The first-order valence-electron chi connectivity index (χ1n) is 12.9. The van der Waals surface area contributed by atoms with Gasteiger partial charge in [0.1, 0.15) is 0 Å². The van der Waals surface area contributed by atoms with E-state index in [1.807, 2.05) is 43.3 Å². The van der Waals surface area contributed by atoms with Crippen molar-refractivity contribution in [2.24, 2.45) is 11.8 Å². The van der Waals surface area contributed by atoms with Crippen molar-refractivity contribution in [3.8, 4) is 0 Å². The van der Waals surface area contributed by atoms with Gasteiger partial charge in [-0.1, -0.05) is 68.1 Å². The van der Waals surface area contributed by atoms with E-state index in [2.05, 4.69) is 17.4 Å². The molecular weight excluding hydrogens is 470 g/mol. The molecular formula is C28H37N5O4. The van der Waals surface area contributed by atoms with Crippen LogP contribution in [0, 0.1) is 12.8 Å². The van der Waals surface area contributed by atoms with E-state index in [0.717, 1.165) is 26.7 Å². The predicted octanol–water partition coefficient (Wildman–Crippen LogP) is 4.78. The lowest BCUT2D eigenvalue weighted by atomic mass is 9.84. The first-order valence-corrected chi connectivity index (χ1v) is 12.9. The van der Waals surface area contributed by atoms with Gasteiger partial charge in [0.25, 0.3) is 0 Å². The van der Waals surface area contributed by atoms with Crippen LogP contribution in [0.15, 0.2) is 48.5 Å². The number of aryl methyl sites for hydroxylation is 1. The Morgan fingerprint density at radius 1 is 1.08 bits per heavy atom. The molecule has 3 N–H and O–H groups in total. The number of nitrogens with zero attached hydrogens (tertiary/aromatic N) is 3. The zero-order valence-corrected chi connectivity index (χ0v) is 21.9. The number of rotatable bonds is 8. The number of anilines is 1. The molecule has 9 nitrogen and oxygen atoms in total. The van der Waals surface area contributed by atoms with Gasteiger partial charge in [-0.2, -0.15) is 0 Å². The van der Waals surface area contributed by atoms with Crippen LogP contribution >= 0.6 is 0 Å². The number of hydrogen-bond donors (Lipinski definition) is 2. The van der Waals surface area contributed by atoms with Crippen LogP contribution in [-0.4, -0.2) is 52.8 Å². The number of ether oxygens (including phenoxy) is 1. The SMILES string of the molecule is COC(=O)[C@@H](C)CN1C(=O)N(N)C(Nc2cccc(C3CCCCC3)c2)N(Cc2ccc(C)cc2)C1=O. The molecule has 0 bridgehead atoms. The molecule has 198 valence electrons. The lowest BCUT2D eigenvalue weighted by Crippen LogP contribution is -2.70. The van der Waals surface area contributed by atoms with Gasteiger partial charge in [0.2, 0.25) is 6.29 Å². The molecule has 1 aliphatic heterocycles. The van der Waals surface area contributed by atoms with Gasteiger partial charge >= 0.3 is 18.0 Å². The van der Waals surface area contributed by atoms with Crippen molar-refractivity contribution >= 4 is 23.7 Å². The number of benzene rings is 2. The molecule has 0 radical (unpaired) electrons. The summed E-state index contributed by atoms with van der Waals surface area (Å²) in [6.45, 7) is 3.70. The van der Waals surface area contributed by atoms with Crippen LogP contribution in [0.2, 0.25) is 0 Å². The van der Waals surface area contributed by atoms with Gasteiger partial charge in [0, 0.05) is 12.2 Å². The highest BCUT2D eigenvalue weighted by Crippen LogP contribution is 2.34. The number of nitrogens with two attached hydrogens (primary N) is 1. The molecule has 1 heterocycles. The van der Waals surface area contributed by atoms with Crippen LogP contribution in [0.1, 0.15) is 61.6 Å². The van der Waals surface area contributed by atoms with E-state index >= 15 is 0 Å². The minimum atomic E-state index is -0.910. The smallest absolute Gasteiger partial charge is 0.345 e. The highest BCUT2D eigenvalue weighted by molar-refractivity contribution is 5.96. The molecule has 0 spiro atoms. The number of imide groups is 1. The second kappa shape index (κ2) is 11.6. The van der Waals surface area contributed by atoms with E-state index in [1.165, 1.54) is 49.7 Å². The van der Waals surface area contributed by atoms with Crippen LogP contribution in [-0.2, 0) is 16.1 Å². The standard InChI is InChI=1S/C28H37N5O4/c1-19-12-14-21(15-13-19)18-31-26(30-24-11-7-10-23(16-24)22-8-5-4-6-9-22)33(29)28(36)32(27(31)35)17-20(2)25(34)37-3/h7,10-16,20,22,26,30H,4-6,8-9,17-18,29H2,1-3H3/t20-,26?/m0/s1. The lowest BCUT2D eigenvalue weighted by molar-refractivity contribution is -0.145. The van der Waals surface area contributed by atoms with Gasteiger partial charge < -0.3 is 10.1 Å². The zero-order chi connectivity index (χ0) is 26.5. The zero-order valence-electron chi connectivity index (χ0n) is 21.9. The molecule has 9 heteroatoms. The van der Waals surface area contributed by atoms with Gasteiger partial charge in [0.15, 0.2) is 0 Å². The molecule has 2 aliphatic rings. The van der Waals surface area contributed by atoms with E-state index in [1.54, 1.807) is 6.92 Å². The molecule has 2 fully saturated rings. The Morgan fingerprint density at radius 3 is 2.46 bits per heavy atom. The Kier molecular flexibility index (Phi) is 8.33. The van der Waals surface area contributed by atoms with Gasteiger partial charge in [0.05, 0.1) is 19.6 Å². The number of urea groups is 2. The average Bonchev–Trinajstić information content (AvgIpc) is 2.92. The highest BCUT2D eigenvalue weighted by Gasteiger charge is 2.44. The van der Waals surface area contributed by atoms with Crippen molar-refractivity contribution in [1.82, 2.24) is 14.8 Å². The maximum atomic E-state index is 13.7. The number of carbonyl (C=O) groups is 3. The van der Waals surface area contributed by atoms with E-state index < -0.39 is 30.2 Å². The molecule has 2 aromatic rings. The second-order valence-corrected chi connectivity index (χ2v) is 10.1. The summed E-state index contributed by atoms with van der Waals surface area (Å²) in [6, 6.07) is 14.8. The van der Waals surface area contributed by atoms with Gasteiger partial charge in [-0.25, -0.2) is 25.3 Å². The minimum absolute atomic E-state index is 0.133. The van der Waals surface area contributed by atoms with Gasteiger partial charge in [-0.15, -0.1) is 0 Å². The molecule has 4 amide bonds. The average molecular weight is 508 g/mol. The molecule has 1 aliphatic carbocycles. The molecule has 1 unspecified atom stereocenters. The first-order chi connectivity index (χ1) is 17.8. The van der Waals surface area contributed by atoms with E-state index in [0.29, 0.717) is 5.92 Å². The summed E-state index contributed by atoms with van der Waals surface area (Å²) >= 11 is 0. The maximum absolute atomic E-state index is 13.7. The van der Waals surface area contributed by atoms with Crippen molar-refractivity contribution in [3.05, 3.63) is 65.2 Å². The molecule has 2 atom stereocenters. The number of nitrogens with one attached hydrogen (secondary N) is 1. The van der Waals surface area contributed by atoms with Crippen molar-refractivity contribution in [2.75, 3.05) is 19.0 Å². The van der Waals surface area contributed by atoms with Gasteiger partial charge in [-0.3, -0.25) is 9.69 Å². The Hall–Kier alpha value is -3.59. The normalized spacial score (nSPS) is 19.7. The summed E-state index contributed by atoms with van der Waals surface area (Å²) in [4.78, 5) is 41.4. The first kappa shape index (κ1) is 26.5. The molecule has 1 saturated carbocycles. The fourth-order valence-electron chi connectivity index (χ4n) is 5.10. The molecule has 37 heavy (non-hydrogen) atoms. The highest BCUT2D eigenvalue weighted by atomic mass is 16.5. The van der Waals surface area contributed by atoms with Crippen molar-refractivity contribution in [3.63, 3.8) is 0 Å². The Morgan fingerprint density at radius 2 is 1.78 bits per heavy atom. The summed E-state index contributed by atoms with van der Waals surface area (Å²) in [5.41, 5.74) is 4.03. The fourth-order valence-corrected chi connectivity index (χ4v) is 5.10. The van der Waals surface area contributed by atoms with E-state index in [9.17, 15) is 14.4 Å². The molecule has 0 aromatic heterocycles. The Labute approximate surface area is 218 Å². The summed E-state index contributed by atoms with van der Waals surface area (Å²) < 4.78 is 4.79. The van der Waals surface area contributed by atoms with Crippen LogP contribution in [0.25, 0.3) is 0 Å². The largest absolute Gasteiger partial charge is 0.469 e. The second-order valence-electron chi connectivity index (χ2n) is 10.1. The number of methoxy groups -OCH3 is 1. The van der Waals surface area contributed by atoms with Crippen LogP contribution < -0.4 is 11.2 Å². The third kappa shape index (κ3) is 6.05. The summed E-state index contributed by atoms with van der Waals surface area (Å²) in [5.74, 6) is 5.64. The number of esters is 1.